The fourth-order valence-corrected chi connectivity index (χ4v) is 2.60. The van der Waals surface area contributed by atoms with E-state index in [0.717, 1.165) is 25.1 Å². The fraction of sp³-hybridized carbons (Fsp3) is 0.647. The van der Waals surface area contributed by atoms with Gasteiger partial charge in [0.15, 0.2) is 0 Å². The van der Waals surface area contributed by atoms with Gasteiger partial charge in [0.05, 0.1) is 0 Å². The zero-order valence-electron chi connectivity index (χ0n) is 14.3. The smallest absolute Gasteiger partial charge is 0.315 e. The fourth-order valence-electron chi connectivity index (χ4n) is 2.60. The maximum atomic E-state index is 11.9. The van der Waals surface area contributed by atoms with Crippen LogP contribution >= 0.6 is 0 Å². The number of rotatable bonds is 9. The molecule has 2 N–H and O–H groups in total. The molecule has 0 fully saturated rings. The summed E-state index contributed by atoms with van der Waals surface area (Å²) in [7, 11) is 0. The van der Waals surface area contributed by atoms with Crippen molar-refractivity contribution in [3.8, 4) is 0 Å². The molecule has 1 unspecified atom stereocenters. The van der Waals surface area contributed by atoms with Gasteiger partial charge in [-0.2, -0.15) is 0 Å². The largest absolute Gasteiger partial charge is 0.337 e. The Morgan fingerprint density at radius 3 is 2.55 bits per heavy atom. The first-order valence-electron chi connectivity index (χ1n) is 8.21. The molecule has 0 saturated heterocycles. The van der Waals surface area contributed by atoms with Gasteiger partial charge in [0.2, 0.25) is 0 Å². The number of hydrogen-bond donors (Lipinski definition) is 2. The van der Waals surface area contributed by atoms with Crippen molar-refractivity contribution < 1.29 is 4.79 Å². The first-order chi connectivity index (χ1) is 10.6. The van der Waals surface area contributed by atoms with E-state index in [-0.39, 0.29) is 6.03 Å². The van der Waals surface area contributed by atoms with Crippen molar-refractivity contribution in [2.45, 2.75) is 46.7 Å². The number of likely N-dealkylation sites (N-methyl/N-ethyl adjacent to an activating group) is 1. The van der Waals surface area contributed by atoms with E-state index in [1.165, 1.54) is 0 Å². The third-order valence-electron chi connectivity index (χ3n) is 3.75. The van der Waals surface area contributed by atoms with Crippen LogP contribution in [0.5, 0.6) is 0 Å². The predicted octanol–water partition coefficient (Wildman–Crippen LogP) is 2.64. The first kappa shape index (κ1) is 18.4. The number of urea groups is 1. The standard InChI is InChI=1S/C17H30N4O/c1-5-21(6-2)16(10-14(3)4)13-20-17(22)19-12-15-8-7-9-18-11-15/h7-9,11,14,16H,5-6,10,12-13H2,1-4H3,(H2,19,20,22). The van der Waals surface area contributed by atoms with E-state index in [9.17, 15) is 4.79 Å². The monoisotopic (exact) mass is 306 g/mol. The average Bonchev–Trinajstić information content (AvgIpc) is 2.52. The van der Waals surface area contributed by atoms with E-state index in [4.69, 9.17) is 0 Å². The van der Waals surface area contributed by atoms with Gasteiger partial charge >= 0.3 is 6.03 Å². The molecule has 0 radical (unpaired) electrons. The Hall–Kier alpha value is -1.62. The molecule has 124 valence electrons. The minimum absolute atomic E-state index is 0.121. The highest BCUT2D eigenvalue weighted by Crippen LogP contribution is 2.10. The summed E-state index contributed by atoms with van der Waals surface area (Å²) < 4.78 is 0. The Bertz CT molecular complexity index is 418. The van der Waals surface area contributed by atoms with Gasteiger partial charge in [-0.05, 0) is 37.1 Å². The van der Waals surface area contributed by atoms with E-state index in [2.05, 4.69) is 48.2 Å². The Labute approximate surface area is 134 Å². The van der Waals surface area contributed by atoms with Crippen molar-refractivity contribution in [3.63, 3.8) is 0 Å². The second-order valence-electron chi connectivity index (χ2n) is 5.93. The molecule has 1 heterocycles. The van der Waals surface area contributed by atoms with Crippen LogP contribution in [0, 0.1) is 5.92 Å². The Balaban J connectivity index is 2.41. The van der Waals surface area contributed by atoms with Crippen molar-refractivity contribution in [3.05, 3.63) is 30.1 Å². The van der Waals surface area contributed by atoms with Crippen LogP contribution in [0.4, 0.5) is 4.79 Å². The van der Waals surface area contributed by atoms with Crippen LogP contribution in [0.3, 0.4) is 0 Å². The summed E-state index contributed by atoms with van der Waals surface area (Å²) in [5.41, 5.74) is 1.00. The predicted molar refractivity (Wildman–Crippen MR) is 90.6 cm³/mol. The molecule has 0 aliphatic carbocycles. The van der Waals surface area contributed by atoms with Gasteiger partial charge in [0, 0.05) is 31.5 Å². The highest BCUT2D eigenvalue weighted by Gasteiger charge is 2.17. The lowest BCUT2D eigenvalue weighted by atomic mass is 10.0. The molecule has 5 nitrogen and oxygen atoms in total. The molecule has 0 aromatic carbocycles. The zero-order valence-corrected chi connectivity index (χ0v) is 14.3. The molecule has 22 heavy (non-hydrogen) atoms. The van der Waals surface area contributed by atoms with E-state index in [1.807, 2.05) is 12.1 Å². The van der Waals surface area contributed by atoms with Crippen LogP contribution in [0.1, 0.15) is 39.7 Å². The minimum atomic E-state index is -0.121. The van der Waals surface area contributed by atoms with E-state index in [0.29, 0.717) is 25.0 Å². The molecule has 2 amide bonds. The number of amides is 2. The van der Waals surface area contributed by atoms with Crippen LogP contribution < -0.4 is 10.6 Å². The molecule has 1 aromatic rings. The highest BCUT2D eigenvalue weighted by atomic mass is 16.2. The van der Waals surface area contributed by atoms with Crippen LogP contribution in [-0.2, 0) is 6.54 Å². The summed E-state index contributed by atoms with van der Waals surface area (Å²) in [6.45, 7) is 12.0. The third-order valence-corrected chi connectivity index (χ3v) is 3.75. The zero-order chi connectivity index (χ0) is 16.4. The number of hydrogen-bond acceptors (Lipinski definition) is 3. The average molecular weight is 306 g/mol. The molecular weight excluding hydrogens is 276 g/mol. The van der Waals surface area contributed by atoms with Crippen LogP contribution in [-0.4, -0.2) is 41.6 Å². The van der Waals surface area contributed by atoms with Crippen molar-refractivity contribution in [2.75, 3.05) is 19.6 Å². The number of nitrogens with zero attached hydrogens (tertiary/aromatic N) is 2. The highest BCUT2D eigenvalue weighted by molar-refractivity contribution is 5.73. The second kappa shape index (κ2) is 10.2. The molecule has 0 spiro atoms. The van der Waals surface area contributed by atoms with Crippen LogP contribution in [0.15, 0.2) is 24.5 Å². The SMILES string of the molecule is CCN(CC)C(CNC(=O)NCc1cccnc1)CC(C)C. The van der Waals surface area contributed by atoms with E-state index >= 15 is 0 Å². The van der Waals surface area contributed by atoms with Crippen LogP contribution in [0.25, 0.3) is 0 Å². The molecule has 1 atom stereocenters. The normalized spacial score (nSPS) is 12.5. The summed E-state index contributed by atoms with van der Waals surface area (Å²) in [5.74, 6) is 0.617. The Kier molecular flexibility index (Phi) is 8.51. The molecule has 5 heteroatoms. The second-order valence-corrected chi connectivity index (χ2v) is 5.93. The van der Waals surface area contributed by atoms with Gasteiger partial charge in [-0.1, -0.05) is 33.8 Å². The Morgan fingerprint density at radius 2 is 2.00 bits per heavy atom. The lowest BCUT2D eigenvalue weighted by Crippen LogP contribution is -2.46. The van der Waals surface area contributed by atoms with Gasteiger partial charge in [0.25, 0.3) is 0 Å². The van der Waals surface area contributed by atoms with Crippen molar-refractivity contribution in [1.29, 1.82) is 0 Å². The van der Waals surface area contributed by atoms with Crippen molar-refractivity contribution in [2.24, 2.45) is 5.92 Å². The molecule has 1 rings (SSSR count). The van der Waals surface area contributed by atoms with Gasteiger partial charge in [0.1, 0.15) is 0 Å². The Morgan fingerprint density at radius 1 is 1.27 bits per heavy atom. The molecule has 0 bridgehead atoms. The van der Waals surface area contributed by atoms with Crippen molar-refractivity contribution >= 4 is 6.03 Å². The number of carbonyl (C=O) groups is 1. The number of aromatic nitrogens is 1. The lowest BCUT2D eigenvalue weighted by Gasteiger charge is -2.31. The quantitative estimate of drug-likeness (QED) is 0.737. The number of pyridine rings is 1. The lowest BCUT2D eigenvalue weighted by molar-refractivity contribution is 0.184. The summed E-state index contributed by atoms with van der Waals surface area (Å²) in [6, 6.07) is 4.09. The van der Waals surface area contributed by atoms with E-state index < -0.39 is 0 Å². The van der Waals surface area contributed by atoms with Crippen molar-refractivity contribution in [1.82, 2.24) is 20.5 Å². The molecule has 0 saturated carbocycles. The first-order valence-corrected chi connectivity index (χ1v) is 8.21. The summed E-state index contributed by atoms with van der Waals surface area (Å²) in [4.78, 5) is 18.4. The number of carbonyl (C=O) groups excluding carboxylic acids is 1. The topological polar surface area (TPSA) is 57.3 Å². The van der Waals surface area contributed by atoms with Gasteiger partial charge in [-0.3, -0.25) is 9.88 Å². The van der Waals surface area contributed by atoms with Gasteiger partial charge in [-0.25, -0.2) is 4.79 Å². The molecule has 0 aliphatic rings. The minimum Gasteiger partial charge on any atom is -0.337 e. The van der Waals surface area contributed by atoms with Gasteiger partial charge in [-0.15, -0.1) is 0 Å². The summed E-state index contributed by atoms with van der Waals surface area (Å²) in [5, 5.41) is 5.87. The molecule has 1 aromatic heterocycles. The van der Waals surface area contributed by atoms with E-state index in [1.54, 1.807) is 12.4 Å². The maximum Gasteiger partial charge on any atom is 0.315 e. The summed E-state index contributed by atoms with van der Waals surface area (Å²) >= 11 is 0. The maximum absolute atomic E-state index is 11.9. The molecule has 0 aliphatic heterocycles. The third kappa shape index (κ3) is 6.89. The van der Waals surface area contributed by atoms with Crippen LogP contribution in [0.2, 0.25) is 0 Å². The summed E-state index contributed by atoms with van der Waals surface area (Å²) in [6.07, 6.45) is 4.58. The van der Waals surface area contributed by atoms with Gasteiger partial charge < -0.3 is 10.6 Å². The number of nitrogens with one attached hydrogen (secondary N) is 2. The molecular formula is C17H30N4O.